The van der Waals surface area contributed by atoms with Gasteiger partial charge < -0.3 is 16.0 Å². The smallest absolute Gasteiger partial charge is 0.161 e. The van der Waals surface area contributed by atoms with Crippen LogP contribution in [0.15, 0.2) is 35.6 Å². The molecule has 3 aromatic rings. The Balaban J connectivity index is 1.72. The van der Waals surface area contributed by atoms with Gasteiger partial charge in [0.15, 0.2) is 11.6 Å². The summed E-state index contributed by atoms with van der Waals surface area (Å²) in [6.07, 6.45) is 3.57. The van der Waals surface area contributed by atoms with Gasteiger partial charge in [0.25, 0.3) is 0 Å². The highest BCUT2D eigenvalue weighted by Crippen LogP contribution is 2.35. The molecule has 0 saturated heterocycles. The quantitative estimate of drug-likeness (QED) is 0.243. The Morgan fingerprint density at radius 3 is 2.69 bits per heavy atom. The molecule has 1 atom stereocenters. The van der Waals surface area contributed by atoms with Crippen LogP contribution >= 0.6 is 0 Å². The molecule has 1 aromatic carbocycles. The molecule has 4 N–H and O–H groups in total. The van der Waals surface area contributed by atoms with Crippen LogP contribution in [0.5, 0.6) is 0 Å². The molecule has 26 heavy (non-hydrogen) atoms. The minimum absolute atomic E-state index is 0.187. The number of rotatable bonds is 2. The first-order valence-corrected chi connectivity index (χ1v) is 8.16. The monoisotopic (exact) mass is 359 g/mol. The molecule has 4 rings (SSSR count). The van der Waals surface area contributed by atoms with Crippen molar-refractivity contribution in [3.63, 3.8) is 0 Å². The van der Waals surface area contributed by atoms with Crippen molar-refractivity contribution in [3.05, 3.63) is 70.4 Å². The first-order chi connectivity index (χ1) is 12.5. The second-order valence-corrected chi connectivity index (χ2v) is 6.39. The fourth-order valence-electron chi connectivity index (χ4n) is 3.57. The third-order valence-electron chi connectivity index (χ3n) is 4.89. The van der Waals surface area contributed by atoms with Crippen LogP contribution in [0.2, 0.25) is 0 Å². The van der Waals surface area contributed by atoms with Crippen LogP contribution in [-0.2, 0) is 12.8 Å². The topological polar surface area (TPSA) is 81.7 Å². The van der Waals surface area contributed by atoms with E-state index in [0.29, 0.717) is 36.5 Å². The number of imidazole rings is 1. The Labute approximate surface area is 147 Å². The summed E-state index contributed by atoms with van der Waals surface area (Å²) in [5.41, 5.74) is 9.09. The molecule has 0 bridgehead atoms. The fourth-order valence-corrected chi connectivity index (χ4v) is 3.57. The first-order valence-electron chi connectivity index (χ1n) is 8.16. The maximum absolute atomic E-state index is 14.1. The van der Waals surface area contributed by atoms with Crippen molar-refractivity contribution in [1.82, 2.24) is 9.38 Å². The molecule has 2 aromatic heterocycles. The lowest BCUT2D eigenvalue weighted by Gasteiger charge is -2.22. The highest BCUT2D eigenvalue weighted by molar-refractivity contribution is 5.97. The van der Waals surface area contributed by atoms with Gasteiger partial charge in [-0.15, -0.1) is 0 Å². The van der Waals surface area contributed by atoms with Crippen LogP contribution in [0.1, 0.15) is 34.9 Å². The number of nitrogens with two attached hydrogens (primary N) is 2. The zero-order chi connectivity index (χ0) is 18.4. The van der Waals surface area contributed by atoms with Gasteiger partial charge in [-0.05, 0) is 48.9 Å². The van der Waals surface area contributed by atoms with Crippen molar-refractivity contribution in [2.24, 2.45) is 16.7 Å². The molecule has 1 unspecified atom stereocenters. The first kappa shape index (κ1) is 16.4. The van der Waals surface area contributed by atoms with Crippen molar-refractivity contribution in [2.45, 2.75) is 25.2 Å². The number of halogens is 3. The van der Waals surface area contributed by atoms with E-state index in [1.807, 2.05) is 10.6 Å². The van der Waals surface area contributed by atoms with Crippen LogP contribution in [-0.4, -0.2) is 15.2 Å². The van der Waals surface area contributed by atoms with E-state index in [0.717, 1.165) is 17.5 Å². The van der Waals surface area contributed by atoms with Gasteiger partial charge in [-0.25, -0.2) is 18.2 Å². The predicted molar refractivity (Wildman–Crippen MR) is 91.2 cm³/mol. The van der Waals surface area contributed by atoms with Gasteiger partial charge in [-0.2, -0.15) is 5.10 Å². The van der Waals surface area contributed by atoms with Crippen LogP contribution in [0.4, 0.5) is 13.2 Å². The summed E-state index contributed by atoms with van der Waals surface area (Å²) >= 11 is 0. The second kappa shape index (κ2) is 6.05. The van der Waals surface area contributed by atoms with Crippen LogP contribution in [0, 0.1) is 17.5 Å². The average Bonchev–Trinajstić information content (AvgIpc) is 3.00. The lowest BCUT2D eigenvalue weighted by molar-refractivity contribution is 0.473. The zero-order valence-corrected chi connectivity index (χ0v) is 13.7. The molecule has 1 aliphatic carbocycles. The zero-order valence-electron chi connectivity index (χ0n) is 13.7. The van der Waals surface area contributed by atoms with Gasteiger partial charge in [-0.1, -0.05) is 0 Å². The number of nitrogens with zero attached hydrogens (tertiary/aromatic N) is 3. The summed E-state index contributed by atoms with van der Waals surface area (Å²) in [4.78, 5) is 4.60. The molecular formula is C18H16F3N5. The van der Waals surface area contributed by atoms with Gasteiger partial charge in [0, 0.05) is 23.5 Å². The maximum Gasteiger partial charge on any atom is 0.161 e. The third kappa shape index (κ3) is 2.58. The lowest BCUT2D eigenvalue weighted by atomic mass is 9.84. The molecule has 0 amide bonds. The number of fused-ring (bicyclic) bond motifs is 3. The maximum atomic E-state index is 14.1. The van der Waals surface area contributed by atoms with Crippen molar-refractivity contribution in [3.8, 4) is 0 Å². The van der Waals surface area contributed by atoms with Crippen molar-refractivity contribution in [2.75, 3.05) is 0 Å². The van der Waals surface area contributed by atoms with E-state index in [-0.39, 0.29) is 17.3 Å². The third-order valence-corrected chi connectivity index (χ3v) is 4.89. The lowest BCUT2D eigenvalue weighted by Crippen LogP contribution is -2.16. The van der Waals surface area contributed by atoms with E-state index in [1.165, 1.54) is 0 Å². The molecule has 0 spiro atoms. The number of hydrazone groups is 1. The SMILES string of the molecule is N/N=C(\N)c1ccn2c3c(nc2c1)CC(c1cc(F)c(F)cc1F)CC3. The standard InChI is InChI=1S/C18H16F3N5/c19-12-8-14(21)13(20)7-11(12)9-1-2-16-15(5-9)24-17-6-10(18(22)25-23)3-4-26(16)17/h3-4,6-9H,1-2,5,23H2,(H2,22,25). The minimum atomic E-state index is -1.18. The van der Waals surface area contributed by atoms with Gasteiger partial charge in [0.2, 0.25) is 0 Å². The van der Waals surface area contributed by atoms with E-state index < -0.39 is 17.5 Å². The Bertz CT molecular complexity index is 1040. The Morgan fingerprint density at radius 1 is 1.15 bits per heavy atom. The summed E-state index contributed by atoms with van der Waals surface area (Å²) in [5, 5.41) is 3.47. The van der Waals surface area contributed by atoms with Crippen LogP contribution in [0.3, 0.4) is 0 Å². The molecular weight excluding hydrogens is 343 g/mol. The van der Waals surface area contributed by atoms with Crippen molar-refractivity contribution in [1.29, 1.82) is 0 Å². The summed E-state index contributed by atoms with van der Waals surface area (Å²) in [5.74, 6) is 2.22. The minimum Gasteiger partial charge on any atom is -0.382 e. The molecule has 0 fully saturated rings. The van der Waals surface area contributed by atoms with E-state index in [2.05, 4.69) is 10.1 Å². The Kier molecular flexibility index (Phi) is 3.82. The number of amidine groups is 1. The molecule has 134 valence electrons. The largest absolute Gasteiger partial charge is 0.382 e. The second-order valence-electron chi connectivity index (χ2n) is 6.39. The number of aryl methyl sites for hydroxylation is 1. The van der Waals surface area contributed by atoms with E-state index >= 15 is 0 Å². The normalized spacial score (nSPS) is 17.5. The molecule has 0 radical (unpaired) electrons. The molecule has 1 aliphatic rings. The van der Waals surface area contributed by atoms with Crippen molar-refractivity contribution >= 4 is 11.5 Å². The Hall–Kier alpha value is -3.03. The van der Waals surface area contributed by atoms with Gasteiger partial charge in [0.1, 0.15) is 17.3 Å². The van der Waals surface area contributed by atoms with Crippen LogP contribution in [0.25, 0.3) is 5.65 Å². The molecule has 0 aliphatic heterocycles. The average molecular weight is 359 g/mol. The van der Waals surface area contributed by atoms with Gasteiger partial charge in [-0.3, -0.25) is 0 Å². The van der Waals surface area contributed by atoms with E-state index in [4.69, 9.17) is 11.6 Å². The highest BCUT2D eigenvalue weighted by atomic mass is 19.2. The summed E-state index contributed by atoms with van der Waals surface area (Å²) < 4.78 is 42.8. The molecule has 2 heterocycles. The highest BCUT2D eigenvalue weighted by Gasteiger charge is 2.27. The van der Waals surface area contributed by atoms with Crippen LogP contribution < -0.4 is 11.6 Å². The summed E-state index contributed by atoms with van der Waals surface area (Å²) in [6.45, 7) is 0. The fraction of sp³-hybridized carbons (Fsp3) is 0.222. The van der Waals surface area contributed by atoms with Gasteiger partial charge >= 0.3 is 0 Å². The molecule has 5 nitrogen and oxygen atoms in total. The van der Waals surface area contributed by atoms with Gasteiger partial charge in [0.05, 0.1) is 5.69 Å². The number of hydrogen-bond donors (Lipinski definition) is 2. The van der Waals surface area contributed by atoms with E-state index in [9.17, 15) is 13.2 Å². The molecule has 0 saturated carbocycles. The number of benzene rings is 1. The van der Waals surface area contributed by atoms with Crippen molar-refractivity contribution < 1.29 is 13.2 Å². The predicted octanol–water partition coefficient (Wildman–Crippen LogP) is 2.60. The summed E-state index contributed by atoms with van der Waals surface area (Å²) in [7, 11) is 0. The van der Waals surface area contributed by atoms with E-state index in [1.54, 1.807) is 12.1 Å². The number of hydrogen-bond acceptors (Lipinski definition) is 3. The number of aromatic nitrogens is 2. The molecule has 8 heteroatoms. The Morgan fingerprint density at radius 2 is 1.92 bits per heavy atom. The summed E-state index contributed by atoms with van der Waals surface area (Å²) in [6, 6.07) is 5.12. The number of pyridine rings is 1.